The Labute approximate surface area is 108 Å². The Morgan fingerprint density at radius 2 is 2.24 bits per heavy atom. The number of hydrogen-bond donors (Lipinski definition) is 2. The molecule has 0 aromatic heterocycles. The lowest BCUT2D eigenvalue weighted by Crippen LogP contribution is -2.32. The molecule has 0 fully saturated rings. The first-order chi connectivity index (χ1) is 7.63. The van der Waals surface area contributed by atoms with Gasteiger partial charge in [0.25, 0.3) is 0 Å². The number of carbonyl (C=O) groups excluding carboxylic acids is 1. The molecule has 1 unspecified atom stereocenters. The summed E-state index contributed by atoms with van der Waals surface area (Å²) in [7, 11) is 0. The molecule has 96 valence electrons. The van der Waals surface area contributed by atoms with Crippen LogP contribution < -0.4 is 15.8 Å². The van der Waals surface area contributed by atoms with E-state index in [-0.39, 0.29) is 18.3 Å². The summed E-state index contributed by atoms with van der Waals surface area (Å²) in [6.45, 7) is 4.36. The molecule has 1 amide bonds. The van der Waals surface area contributed by atoms with Crippen LogP contribution in [0, 0.1) is 0 Å². The number of benzene rings is 1. The standard InChI is InChI=1S/C12H18N2O2.ClH/c1-3-7-16-11-6-4-5-10(8-11)14-12(15)9(2)13;/h4-6,8-9H,3,7,13H2,1-2H3,(H,14,15);1H. The van der Waals surface area contributed by atoms with Crippen LogP contribution in [0.3, 0.4) is 0 Å². The van der Waals surface area contributed by atoms with Crippen molar-refractivity contribution < 1.29 is 9.53 Å². The molecule has 0 aliphatic rings. The second kappa shape index (κ2) is 7.92. The van der Waals surface area contributed by atoms with Crippen LogP contribution in [0.2, 0.25) is 0 Å². The molecule has 1 aromatic rings. The van der Waals surface area contributed by atoms with Crippen molar-refractivity contribution in [2.45, 2.75) is 26.3 Å². The van der Waals surface area contributed by atoms with E-state index in [0.717, 1.165) is 12.2 Å². The number of halogens is 1. The zero-order valence-corrected chi connectivity index (χ0v) is 10.9. The van der Waals surface area contributed by atoms with Crippen LogP contribution >= 0.6 is 12.4 Å². The normalized spacial score (nSPS) is 11.2. The van der Waals surface area contributed by atoms with Crippen LogP contribution in [0.25, 0.3) is 0 Å². The lowest BCUT2D eigenvalue weighted by molar-refractivity contribution is -0.117. The maximum Gasteiger partial charge on any atom is 0.241 e. The maximum atomic E-state index is 11.4. The Morgan fingerprint density at radius 3 is 2.82 bits per heavy atom. The van der Waals surface area contributed by atoms with Crippen LogP contribution in [0.5, 0.6) is 5.75 Å². The number of hydrogen-bond acceptors (Lipinski definition) is 3. The van der Waals surface area contributed by atoms with E-state index < -0.39 is 6.04 Å². The van der Waals surface area contributed by atoms with Crippen molar-refractivity contribution in [3.63, 3.8) is 0 Å². The van der Waals surface area contributed by atoms with Gasteiger partial charge >= 0.3 is 0 Å². The predicted octanol–water partition coefficient (Wildman–Crippen LogP) is 2.18. The summed E-state index contributed by atoms with van der Waals surface area (Å²) in [5.41, 5.74) is 6.16. The largest absolute Gasteiger partial charge is 0.494 e. The van der Waals surface area contributed by atoms with E-state index in [1.165, 1.54) is 0 Å². The molecule has 0 aliphatic carbocycles. The minimum absolute atomic E-state index is 0. The number of carbonyl (C=O) groups is 1. The summed E-state index contributed by atoms with van der Waals surface area (Å²) in [5, 5.41) is 2.71. The van der Waals surface area contributed by atoms with Gasteiger partial charge in [0.15, 0.2) is 0 Å². The first-order valence-corrected chi connectivity index (χ1v) is 5.42. The third-order valence-electron chi connectivity index (χ3n) is 1.99. The van der Waals surface area contributed by atoms with Crippen molar-refractivity contribution in [3.05, 3.63) is 24.3 Å². The van der Waals surface area contributed by atoms with Gasteiger partial charge in [-0.1, -0.05) is 13.0 Å². The summed E-state index contributed by atoms with van der Waals surface area (Å²) < 4.78 is 5.46. The Kier molecular flexibility index (Phi) is 7.34. The molecule has 0 saturated carbocycles. The van der Waals surface area contributed by atoms with Crippen LogP contribution in [-0.4, -0.2) is 18.6 Å². The lowest BCUT2D eigenvalue weighted by Gasteiger charge is -2.09. The van der Waals surface area contributed by atoms with Gasteiger partial charge in [-0.15, -0.1) is 12.4 Å². The predicted molar refractivity (Wildman–Crippen MR) is 71.8 cm³/mol. The van der Waals surface area contributed by atoms with Crippen molar-refractivity contribution in [2.75, 3.05) is 11.9 Å². The maximum absolute atomic E-state index is 11.4. The lowest BCUT2D eigenvalue weighted by atomic mass is 10.2. The van der Waals surface area contributed by atoms with E-state index >= 15 is 0 Å². The molecule has 0 bridgehead atoms. The smallest absolute Gasteiger partial charge is 0.241 e. The monoisotopic (exact) mass is 258 g/mol. The summed E-state index contributed by atoms with van der Waals surface area (Å²) in [6, 6.07) is 6.77. The highest BCUT2D eigenvalue weighted by molar-refractivity contribution is 5.94. The Morgan fingerprint density at radius 1 is 1.53 bits per heavy atom. The molecule has 4 nitrogen and oxygen atoms in total. The highest BCUT2D eigenvalue weighted by atomic mass is 35.5. The van der Waals surface area contributed by atoms with E-state index in [2.05, 4.69) is 5.32 Å². The minimum atomic E-state index is -0.514. The first kappa shape index (κ1) is 15.7. The topological polar surface area (TPSA) is 64.3 Å². The van der Waals surface area contributed by atoms with E-state index in [4.69, 9.17) is 10.5 Å². The molecule has 0 spiro atoms. The second-order valence-electron chi connectivity index (χ2n) is 3.65. The van der Waals surface area contributed by atoms with Gasteiger partial charge in [-0.3, -0.25) is 4.79 Å². The molecular weight excluding hydrogens is 240 g/mol. The quantitative estimate of drug-likeness (QED) is 0.851. The number of nitrogens with one attached hydrogen (secondary N) is 1. The third kappa shape index (κ3) is 5.56. The van der Waals surface area contributed by atoms with Gasteiger partial charge < -0.3 is 15.8 Å². The van der Waals surface area contributed by atoms with E-state index in [9.17, 15) is 4.79 Å². The van der Waals surface area contributed by atoms with Crippen molar-refractivity contribution in [1.82, 2.24) is 0 Å². The number of ether oxygens (including phenoxy) is 1. The average Bonchev–Trinajstić information content (AvgIpc) is 2.26. The Bertz CT molecular complexity index is 356. The third-order valence-corrected chi connectivity index (χ3v) is 1.99. The highest BCUT2D eigenvalue weighted by Crippen LogP contribution is 2.17. The zero-order valence-electron chi connectivity index (χ0n) is 10.1. The van der Waals surface area contributed by atoms with Gasteiger partial charge in [-0.05, 0) is 25.5 Å². The fourth-order valence-corrected chi connectivity index (χ4v) is 1.14. The van der Waals surface area contributed by atoms with E-state index in [0.29, 0.717) is 12.3 Å². The number of amides is 1. The van der Waals surface area contributed by atoms with Crippen LogP contribution in [0.1, 0.15) is 20.3 Å². The summed E-state index contributed by atoms with van der Waals surface area (Å²) in [5.74, 6) is 0.553. The highest BCUT2D eigenvalue weighted by Gasteiger charge is 2.07. The molecule has 0 saturated heterocycles. The summed E-state index contributed by atoms with van der Waals surface area (Å²) in [6.07, 6.45) is 0.955. The molecule has 1 rings (SSSR count). The SMILES string of the molecule is CCCOc1cccc(NC(=O)C(C)N)c1.Cl. The minimum Gasteiger partial charge on any atom is -0.494 e. The van der Waals surface area contributed by atoms with Gasteiger partial charge in [0.1, 0.15) is 5.75 Å². The van der Waals surface area contributed by atoms with Crippen molar-refractivity contribution >= 4 is 24.0 Å². The molecule has 17 heavy (non-hydrogen) atoms. The Hall–Kier alpha value is -1.26. The fourth-order valence-electron chi connectivity index (χ4n) is 1.14. The van der Waals surface area contributed by atoms with Gasteiger partial charge in [0.2, 0.25) is 5.91 Å². The molecule has 0 aliphatic heterocycles. The number of anilines is 1. The van der Waals surface area contributed by atoms with Gasteiger partial charge in [-0.2, -0.15) is 0 Å². The second-order valence-corrected chi connectivity index (χ2v) is 3.65. The van der Waals surface area contributed by atoms with Crippen molar-refractivity contribution in [1.29, 1.82) is 0 Å². The van der Waals surface area contributed by atoms with E-state index in [1.807, 2.05) is 19.1 Å². The summed E-state index contributed by atoms with van der Waals surface area (Å²) in [4.78, 5) is 11.4. The van der Waals surface area contributed by atoms with E-state index in [1.54, 1.807) is 19.1 Å². The molecule has 1 aromatic carbocycles. The van der Waals surface area contributed by atoms with Crippen molar-refractivity contribution in [2.24, 2.45) is 5.73 Å². The number of rotatable bonds is 5. The van der Waals surface area contributed by atoms with Crippen LogP contribution in [-0.2, 0) is 4.79 Å². The molecular formula is C12H19ClN2O2. The first-order valence-electron chi connectivity index (χ1n) is 5.42. The molecule has 5 heteroatoms. The summed E-state index contributed by atoms with van der Waals surface area (Å²) >= 11 is 0. The van der Waals surface area contributed by atoms with Gasteiger partial charge in [0, 0.05) is 11.8 Å². The number of nitrogens with two attached hydrogens (primary N) is 1. The van der Waals surface area contributed by atoms with Crippen LogP contribution in [0.15, 0.2) is 24.3 Å². The molecule has 1 atom stereocenters. The average molecular weight is 259 g/mol. The van der Waals surface area contributed by atoms with Crippen molar-refractivity contribution in [3.8, 4) is 5.75 Å². The molecule has 0 radical (unpaired) electrons. The van der Waals surface area contributed by atoms with Gasteiger partial charge in [-0.25, -0.2) is 0 Å². The molecule has 3 N–H and O–H groups in total. The molecule has 0 heterocycles. The van der Waals surface area contributed by atoms with Crippen LogP contribution in [0.4, 0.5) is 5.69 Å². The fraction of sp³-hybridized carbons (Fsp3) is 0.417. The van der Waals surface area contributed by atoms with Gasteiger partial charge in [0.05, 0.1) is 12.6 Å². The Balaban J connectivity index is 0.00000256. The zero-order chi connectivity index (χ0) is 12.0.